The zero-order chi connectivity index (χ0) is 18.3. The summed E-state index contributed by atoms with van der Waals surface area (Å²) in [5.74, 6) is -0.833. The average Bonchev–Trinajstić information content (AvgIpc) is 3.31. The molecule has 0 aromatic heterocycles. The van der Waals surface area contributed by atoms with E-state index >= 15 is 0 Å². The van der Waals surface area contributed by atoms with E-state index in [1.165, 1.54) is 12.1 Å². The van der Waals surface area contributed by atoms with E-state index in [-0.39, 0.29) is 30.2 Å². The molecule has 2 saturated carbocycles. The van der Waals surface area contributed by atoms with Gasteiger partial charge in [0.1, 0.15) is 17.9 Å². The molecule has 3 aliphatic rings. The van der Waals surface area contributed by atoms with E-state index in [0.717, 1.165) is 36.1 Å². The fraction of sp³-hybridized carbons (Fsp3) is 0.526. The summed E-state index contributed by atoms with van der Waals surface area (Å²) in [5.41, 5.74) is 0.0368. The molecule has 1 saturated heterocycles. The Morgan fingerprint density at radius 2 is 1.85 bits per heavy atom. The summed E-state index contributed by atoms with van der Waals surface area (Å²) in [6, 6.07) is 5.70. The third kappa shape index (κ3) is 3.06. The largest absolute Gasteiger partial charge is 0.334 e. The molecule has 2 aliphatic carbocycles. The Labute approximate surface area is 151 Å². The number of carbonyl (C=O) groups is 3. The van der Waals surface area contributed by atoms with Gasteiger partial charge < -0.3 is 10.2 Å². The lowest BCUT2D eigenvalue weighted by molar-refractivity contribution is -0.139. The van der Waals surface area contributed by atoms with Gasteiger partial charge in [-0.2, -0.15) is 0 Å². The molecule has 0 radical (unpaired) electrons. The highest BCUT2D eigenvalue weighted by molar-refractivity contribution is 6.09. The maximum absolute atomic E-state index is 13.1. The zero-order valence-electron chi connectivity index (χ0n) is 14.5. The van der Waals surface area contributed by atoms with Crippen molar-refractivity contribution in [1.82, 2.24) is 15.1 Å². The van der Waals surface area contributed by atoms with Crippen molar-refractivity contribution in [3.05, 3.63) is 35.6 Å². The number of nitrogens with zero attached hydrogens (tertiary/aromatic N) is 2. The van der Waals surface area contributed by atoms with Gasteiger partial charge >= 0.3 is 6.03 Å². The number of rotatable bonds is 5. The predicted octanol–water partition coefficient (Wildman–Crippen LogP) is 2.18. The Morgan fingerprint density at radius 1 is 1.19 bits per heavy atom. The van der Waals surface area contributed by atoms with E-state index in [1.807, 2.05) is 0 Å². The Kier molecular flexibility index (Phi) is 4.17. The summed E-state index contributed by atoms with van der Waals surface area (Å²) in [6.45, 7) is 0.128. The quantitative estimate of drug-likeness (QED) is 0.820. The van der Waals surface area contributed by atoms with Gasteiger partial charge in [0.15, 0.2) is 0 Å². The van der Waals surface area contributed by atoms with Gasteiger partial charge in [-0.25, -0.2) is 9.18 Å². The van der Waals surface area contributed by atoms with Gasteiger partial charge in [-0.1, -0.05) is 25.0 Å². The van der Waals surface area contributed by atoms with E-state index in [4.69, 9.17) is 0 Å². The summed E-state index contributed by atoms with van der Waals surface area (Å²) >= 11 is 0. The minimum atomic E-state index is -0.793. The van der Waals surface area contributed by atoms with Crippen LogP contribution in [0.1, 0.15) is 44.1 Å². The Balaban J connectivity index is 1.46. The van der Waals surface area contributed by atoms with Gasteiger partial charge in [-0.15, -0.1) is 0 Å². The van der Waals surface area contributed by atoms with Crippen LogP contribution in [0.5, 0.6) is 0 Å². The summed E-state index contributed by atoms with van der Waals surface area (Å²) in [6.07, 6.45) is 4.93. The molecule has 0 atom stereocenters. The van der Waals surface area contributed by atoms with Crippen LogP contribution in [0.2, 0.25) is 0 Å². The van der Waals surface area contributed by atoms with Crippen molar-refractivity contribution < 1.29 is 18.8 Å². The predicted molar refractivity (Wildman–Crippen MR) is 91.4 cm³/mol. The van der Waals surface area contributed by atoms with Crippen molar-refractivity contribution in [2.24, 2.45) is 0 Å². The maximum atomic E-state index is 13.1. The third-order valence-corrected chi connectivity index (χ3v) is 5.57. The van der Waals surface area contributed by atoms with Crippen LogP contribution in [0.25, 0.3) is 0 Å². The molecule has 1 aliphatic heterocycles. The van der Waals surface area contributed by atoms with Crippen LogP contribution in [0, 0.1) is 5.82 Å². The van der Waals surface area contributed by atoms with Crippen molar-refractivity contribution in [1.29, 1.82) is 0 Å². The van der Waals surface area contributed by atoms with Crippen LogP contribution in [0.4, 0.5) is 9.18 Å². The summed E-state index contributed by atoms with van der Waals surface area (Å²) in [7, 11) is 0. The second-order valence-corrected chi connectivity index (χ2v) is 7.49. The lowest BCUT2D eigenvalue weighted by atomic mass is 9.98. The van der Waals surface area contributed by atoms with Gasteiger partial charge in [0.25, 0.3) is 5.91 Å². The number of imide groups is 1. The normalized spacial score (nSPS) is 21.3. The van der Waals surface area contributed by atoms with E-state index < -0.39 is 11.6 Å². The molecule has 1 heterocycles. The first-order valence-electron chi connectivity index (χ1n) is 9.16. The number of benzene rings is 1. The summed E-state index contributed by atoms with van der Waals surface area (Å²) in [5, 5.41) is 2.80. The first kappa shape index (κ1) is 17.0. The van der Waals surface area contributed by atoms with Gasteiger partial charge in [0.05, 0.1) is 0 Å². The number of amides is 4. The number of urea groups is 1. The molecule has 1 aromatic rings. The molecule has 4 amide bonds. The van der Waals surface area contributed by atoms with Crippen molar-refractivity contribution >= 4 is 17.8 Å². The van der Waals surface area contributed by atoms with Crippen LogP contribution in [-0.2, 0) is 16.1 Å². The smallest absolute Gasteiger partial charge is 0.325 e. The first-order chi connectivity index (χ1) is 12.5. The standard InChI is InChI=1S/C19H22FN3O3/c20-14-5-3-13(4-6-14)11-22(15-7-8-15)16(24)12-23-17(25)19(21-18(23)26)9-1-2-10-19/h3-6,15H,1-2,7-12H2,(H,21,26). The Morgan fingerprint density at radius 3 is 2.46 bits per heavy atom. The minimum absolute atomic E-state index is 0.133. The second kappa shape index (κ2) is 6.37. The van der Waals surface area contributed by atoms with E-state index in [0.29, 0.717) is 19.4 Å². The monoisotopic (exact) mass is 359 g/mol. The molecule has 0 unspecified atom stereocenters. The summed E-state index contributed by atoms with van der Waals surface area (Å²) in [4.78, 5) is 40.6. The molecule has 1 aromatic carbocycles. The lowest BCUT2D eigenvalue weighted by Gasteiger charge is -2.25. The molecule has 1 N–H and O–H groups in total. The number of hydrogen-bond donors (Lipinski definition) is 1. The number of nitrogens with one attached hydrogen (secondary N) is 1. The van der Waals surface area contributed by atoms with Crippen molar-refractivity contribution in [3.63, 3.8) is 0 Å². The molecular weight excluding hydrogens is 337 g/mol. The molecular formula is C19H22FN3O3. The molecule has 7 heteroatoms. The van der Waals surface area contributed by atoms with Crippen LogP contribution >= 0.6 is 0 Å². The molecule has 26 heavy (non-hydrogen) atoms. The van der Waals surface area contributed by atoms with Crippen LogP contribution in [0.3, 0.4) is 0 Å². The van der Waals surface area contributed by atoms with E-state index in [2.05, 4.69) is 5.32 Å². The number of halogens is 1. The lowest BCUT2D eigenvalue weighted by Crippen LogP contribution is -2.46. The van der Waals surface area contributed by atoms with Gasteiger partial charge in [0, 0.05) is 12.6 Å². The van der Waals surface area contributed by atoms with Crippen LogP contribution in [-0.4, -0.2) is 45.8 Å². The highest BCUT2D eigenvalue weighted by Crippen LogP contribution is 2.35. The van der Waals surface area contributed by atoms with E-state index in [1.54, 1.807) is 17.0 Å². The molecule has 6 nitrogen and oxygen atoms in total. The molecule has 138 valence electrons. The van der Waals surface area contributed by atoms with Crippen LogP contribution < -0.4 is 5.32 Å². The molecule has 4 rings (SSSR count). The molecule has 3 fully saturated rings. The van der Waals surface area contributed by atoms with Gasteiger partial charge in [-0.3, -0.25) is 14.5 Å². The highest BCUT2D eigenvalue weighted by Gasteiger charge is 2.53. The Bertz CT molecular complexity index is 739. The van der Waals surface area contributed by atoms with Crippen molar-refractivity contribution in [2.75, 3.05) is 6.54 Å². The van der Waals surface area contributed by atoms with Gasteiger partial charge in [0.2, 0.25) is 5.91 Å². The minimum Gasteiger partial charge on any atom is -0.334 e. The fourth-order valence-corrected chi connectivity index (χ4v) is 3.96. The highest BCUT2D eigenvalue weighted by atomic mass is 19.1. The molecule has 1 spiro atoms. The Hall–Kier alpha value is -2.44. The number of carbonyl (C=O) groups excluding carboxylic acids is 3. The molecule has 0 bridgehead atoms. The zero-order valence-corrected chi connectivity index (χ0v) is 14.5. The fourth-order valence-electron chi connectivity index (χ4n) is 3.96. The summed E-state index contributed by atoms with van der Waals surface area (Å²) < 4.78 is 13.1. The van der Waals surface area contributed by atoms with Crippen molar-refractivity contribution in [2.45, 2.75) is 56.7 Å². The topological polar surface area (TPSA) is 69.7 Å². The van der Waals surface area contributed by atoms with Crippen LogP contribution in [0.15, 0.2) is 24.3 Å². The third-order valence-electron chi connectivity index (χ3n) is 5.57. The number of hydrogen-bond acceptors (Lipinski definition) is 3. The van der Waals surface area contributed by atoms with Gasteiger partial charge in [-0.05, 0) is 43.4 Å². The maximum Gasteiger partial charge on any atom is 0.325 e. The second-order valence-electron chi connectivity index (χ2n) is 7.49. The average molecular weight is 359 g/mol. The first-order valence-corrected chi connectivity index (χ1v) is 9.16. The SMILES string of the molecule is O=C1NC2(CCCC2)C(=O)N1CC(=O)N(Cc1ccc(F)cc1)C1CC1. The van der Waals surface area contributed by atoms with Crippen molar-refractivity contribution in [3.8, 4) is 0 Å². The van der Waals surface area contributed by atoms with E-state index in [9.17, 15) is 18.8 Å².